The van der Waals surface area contributed by atoms with E-state index in [1.165, 1.54) is 12.0 Å². The van der Waals surface area contributed by atoms with Crippen LogP contribution in [0.3, 0.4) is 0 Å². The topological polar surface area (TPSA) is 58.6 Å². The predicted octanol–water partition coefficient (Wildman–Crippen LogP) is 2.04. The largest absolute Gasteiger partial charge is 0.495 e. The number of carbonyl (C=O) groups excluding carboxylic acids is 2. The lowest BCUT2D eigenvalue weighted by Crippen LogP contribution is -2.38. The fraction of sp³-hybridized carbons (Fsp3) is 0.467. The zero-order valence-electron chi connectivity index (χ0n) is 12.7. The van der Waals surface area contributed by atoms with Crippen molar-refractivity contribution in [3.8, 4) is 5.75 Å². The molecule has 0 bridgehead atoms. The van der Waals surface area contributed by atoms with Crippen LogP contribution in [0.1, 0.15) is 12.0 Å². The number of nitrogens with one attached hydrogen (secondary N) is 1. The predicted molar refractivity (Wildman–Crippen MR) is 77.3 cm³/mol. The number of anilines is 1. The van der Waals surface area contributed by atoms with Gasteiger partial charge in [0.05, 0.1) is 18.7 Å². The second-order valence-electron chi connectivity index (χ2n) is 5.41. The van der Waals surface area contributed by atoms with Gasteiger partial charge in [-0.2, -0.15) is 13.2 Å². The van der Waals surface area contributed by atoms with Crippen LogP contribution in [-0.4, -0.2) is 38.2 Å². The van der Waals surface area contributed by atoms with Crippen LogP contribution in [0.4, 0.5) is 18.9 Å². The summed E-state index contributed by atoms with van der Waals surface area (Å²) in [5, 5.41) is 1.82. The molecule has 0 radical (unpaired) electrons. The van der Waals surface area contributed by atoms with Gasteiger partial charge in [-0.05, 0) is 24.6 Å². The summed E-state index contributed by atoms with van der Waals surface area (Å²) in [6.07, 6.45) is -4.60. The van der Waals surface area contributed by atoms with Crippen molar-refractivity contribution in [2.45, 2.75) is 19.5 Å². The standard InChI is InChI=1S/C15H17F3N2O3/c1-9-3-4-12(23-2)11(5-9)20-7-10(6-13(20)21)14(22)19-8-15(16,17)18/h3-5,10H,6-8H2,1-2H3,(H,19,22). The fourth-order valence-electron chi connectivity index (χ4n) is 2.46. The van der Waals surface area contributed by atoms with Crippen LogP contribution in [0.15, 0.2) is 18.2 Å². The summed E-state index contributed by atoms with van der Waals surface area (Å²) in [6.45, 7) is 0.476. The van der Waals surface area contributed by atoms with Gasteiger partial charge in [0.15, 0.2) is 0 Å². The van der Waals surface area contributed by atoms with E-state index in [2.05, 4.69) is 0 Å². The number of benzene rings is 1. The lowest BCUT2D eigenvalue weighted by Gasteiger charge is -2.20. The quantitative estimate of drug-likeness (QED) is 0.919. The Morgan fingerprint density at radius 2 is 2.13 bits per heavy atom. The molecule has 2 rings (SSSR count). The molecule has 1 fully saturated rings. The molecule has 1 aromatic carbocycles. The Morgan fingerprint density at radius 3 is 2.74 bits per heavy atom. The molecule has 1 saturated heterocycles. The lowest BCUT2D eigenvalue weighted by atomic mass is 10.1. The van der Waals surface area contributed by atoms with Gasteiger partial charge in [0.1, 0.15) is 12.3 Å². The molecule has 1 aromatic rings. The molecule has 0 aliphatic carbocycles. The maximum Gasteiger partial charge on any atom is 0.405 e. The number of rotatable bonds is 4. The van der Waals surface area contributed by atoms with Crippen molar-refractivity contribution < 1.29 is 27.5 Å². The highest BCUT2D eigenvalue weighted by molar-refractivity contribution is 6.01. The average Bonchev–Trinajstić information content (AvgIpc) is 2.86. The molecule has 0 aromatic heterocycles. The van der Waals surface area contributed by atoms with Crippen LogP contribution in [0, 0.1) is 12.8 Å². The number of halogens is 3. The zero-order chi connectivity index (χ0) is 17.2. The van der Waals surface area contributed by atoms with Gasteiger partial charge in [0.25, 0.3) is 0 Å². The first kappa shape index (κ1) is 17.1. The number of amides is 2. The first-order valence-electron chi connectivity index (χ1n) is 7.00. The Kier molecular flexibility index (Phi) is 4.82. The molecule has 23 heavy (non-hydrogen) atoms. The number of hydrogen-bond donors (Lipinski definition) is 1. The SMILES string of the molecule is COc1ccc(C)cc1N1CC(C(=O)NCC(F)(F)F)CC1=O. The number of nitrogens with zero attached hydrogens (tertiary/aromatic N) is 1. The Balaban J connectivity index is 2.11. The first-order valence-corrected chi connectivity index (χ1v) is 7.00. The monoisotopic (exact) mass is 330 g/mol. The van der Waals surface area contributed by atoms with Crippen LogP contribution in [-0.2, 0) is 9.59 Å². The Labute approximate surface area is 131 Å². The average molecular weight is 330 g/mol. The molecule has 1 heterocycles. The van der Waals surface area contributed by atoms with E-state index in [-0.39, 0.29) is 18.9 Å². The van der Waals surface area contributed by atoms with Crippen molar-refractivity contribution in [2.24, 2.45) is 5.92 Å². The van der Waals surface area contributed by atoms with Crippen LogP contribution in [0.5, 0.6) is 5.75 Å². The Morgan fingerprint density at radius 1 is 1.43 bits per heavy atom. The van der Waals surface area contributed by atoms with E-state index in [1.54, 1.807) is 12.1 Å². The number of aryl methyl sites for hydroxylation is 1. The minimum absolute atomic E-state index is 0.0301. The van der Waals surface area contributed by atoms with Crippen molar-refractivity contribution in [3.63, 3.8) is 0 Å². The number of alkyl halides is 3. The number of hydrogen-bond acceptors (Lipinski definition) is 3. The summed E-state index contributed by atoms with van der Waals surface area (Å²) in [5.41, 5.74) is 1.42. The maximum absolute atomic E-state index is 12.2. The number of methoxy groups -OCH3 is 1. The summed E-state index contributed by atoms with van der Waals surface area (Å²) in [5.74, 6) is -1.43. The Hall–Kier alpha value is -2.25. The number of ether oxygens (including phenoxy) is 1. The van der Waals surface area contributed by atoms with Gasteiger partial charge in [-0.1, -0.05) is 6.07 Å². The molecule has 1 aliphatic rings. The molecule has 126 valence electrons. The molecular formula is C15H17F3N2O3. The molecular weight excluding hydrogens is 313 g/mol. The third kappa shape index (κ3) is 4.14. The lowest BCUT2D eigenvalue weighted by molar-refractivity contribution is -0.140. The zero-order valence-corrected chi connectivity index (χ0v) is 12.7. The highest BCUT2D eigenvalue weighted by Gasteiger charge is 2.37. The molecule has 1 unspecified atom stereocenters. The highest BCUT2D eigenvalue weighted by atomic mass is 19.4. The van der Waals surface area contributed by atoms with Crippen molar-refractivity contribution in [2.75, 3.05) is 25.1 Å². The normalized spacial score (nSPS) is 18.2. The molecule has 1 N–H and O–H groups in total. The second-order valence-corrected chi connectivity index (χ2v) is 5.41. The minimum atomic E-state index is -4.47. The summed E-state index contributed by atoms with van der Waals surface area (Å²) < 4.78 is 41.7. The summed E-state index contributed by atoms with van der Waals surface area (Å²) in [6, 6.07) is 5.26. The van der Waals surface area contributed by atoms with Crippen LogP contribution < -0.4 is 15.0 Å². The van der Waals surface area contributed by atoms with E-state index in [1.807, 2.05) is 18.3 Å². The van der Waals surface area contributed by atoms with E-state index in [4.69, 9.17) is 4.74 Å². The third-order valence-electron chi connectivity index (χ3n) is 3.58. The summed E-state index contributed by atoms with van der Waals surface area (Å²) in [4.78, 5) is 25.3. The second kappa shape index (κ2) is 6.47. The smallest absolute Gasteiger partial charge is 0.405 e. The van der Waals surface area contributed by atoms with Gasteiger partial charge in [0.2, 0.25) is 11.8 Å². The molecule has 0 saturated carbocycles. The van der Waals surface area contributed by atoms with Crippen LogP contribution in [0.2, 0.25) is 0 Å². The van der Waals surface area contributed by atoms with Gasteiger partial charge < -0.3 is 15.0 Å². The summed E-state index contributed by atoms with van der Waals surface area (Å²) in [7, 11) is 1.46. The van der Waals surface area contributed by atoms with Gasteiger partial charge >= 0.3 is 6.18 Å². The van der Waals surface area contributed by atoms with Crippen molar-refractivity contribution in [1.82, 2.24) is 5.32 Å². The van der Waals surface area contributed by atoms with E-state index >= 15 is 0 Å². The maximum atomic E-state index is 12.2. The molecule has 0 spiro atoms. The van der Waals surface area contributed by atoms with E-state index < -0.39 is 24.5 Å². The Bertz CT molecular complexity index is 616. The van der Waals surface area contributed by atoms with Gasteiger partial charge in [-0.3, -0.25) is 9.59 Å². The molecule has 8 heteroatoms. The van der Waals surface area contributed by atoms with E-state index in [9.17, 15) is 22.8 Å². The van der Waals surface area contributed by atoms with Crippen LogP contribution in [0.25, 0.3) is 0 Å². The van der Waals surface area contributed by atoms with Crippen molar-refractivity contribution >= 4 is 17.5 Å². The molecule has 1 atom stereocenters. The van der Waals surface area contributed by atoms with E-state index in [0.717, 1.165) is 5.56 Å². The van der Waals surface area contributed by atoms with Crippen molar-refractivity contribution in [1.29, 1.82) is 0 Å². The molecule has 2 amide bonds. The van der Waals surface area contributed by atoms with E-state index in [0.29, 0.717) is 11.4 Å². The van der Waals surface area contributed by atoms with Crippen molar-refractivity contribution in [3.05, 3.63) is 23.8 Å². The van der Waals surface area contributed by atoms with Gasteiger partial charge in [0, 0.05) is 13.0 Å². The number of carbonyl (C=O) groups is 2. The van der Waals surface area contributed by atoms with Gasteiger partial charge in [-0.15, -0.1) is 0 Å². The molecule has 5 nitrogen and oxygen atoms in total. The summed E-state index contributed by atoms with van der Waals surface area (Å²) >= 11 is 0. The minimum Gasteiger partial charge on any atom is -0.495 e. The van der Waals surface area contributed by atoms with Crippen LogP contribution >= 0.6 is 0 Å². The third-order valence-corrected chi connectivity index (χ3v) is 3.58. The fourth-order valence-corrected chi connectivity index (χ4v) is 2.46. The molecule has 1 aliphatic heterocycles. The highest BCUT2D eigenvalue weighted by Crippen LogP contribution is 2.34. The van der Waals surface area contributed by atoms with Gasteiger partial charge in [-0.25, -0.2) is 0 Å². The first-order chi connectivity index (χ1) is 10.7.